The minimum Gasteiger partial charge on any atom is -0.494 e. The molecule has 1 unspecified atom stereocenters. The summed E-state index contributed by atoms with van der Waals surface area (Å²) in [5, 5.41) is 3.72. The van der Waals surface area contributed by atoms with Crippen LogP contribution in [-0.4, -0.2) is 18.6 Å². The van der Waals surface area contributed by atoms with Crippen molar-refractivity contribution in [1.82, 2.24) is 5.32 Å². The maximum Gasteiger partial charge on any atom is 0.220 e. The maximum atomic E-state index is 11.6. The summed E-state index contributed by atoms with van der Waals surface area (Å²) in [6.07, 6.45) is 2.16. The third-order valence-corrected chi connectivity index (χ3v) is 3.84. The van der Waals surface area contributed by atoms with Gasteiger partial charge in [0.1, 0.15) is 5.75 Å². The number of benzene rings is 1. The number of rotatable bonds is 7. The molecule has 4 heteroatoms. The summed E-state index contributed by atoms with van der Waals surface area (Å²) in [6.45, 7) is 8.52. The molecule has 0 aliphatic rings. The monoisotopic (exact) mass is 297 g/mol. The Bertz CT molecular complexity index is 437. The second-order valence-electron chi connectivity index (χ2n) is 5.20. The fourth-order valence-electron chi connectivity index (χ4n) is 1.86. The number of hydrogen-bond donors (Lipinski definition) is 1. The van der Waals surface area contributed by atoms with Crippen molar-refractivity contribution in [3.05, 3.63) is 28.3 Å². The van der Waals surface area contributed by atoms with Crippen molar-refractivity contribution in [2.75, 3.05) is 6.61 Å². The molecule has 0 fully saturated rings. The predicted molar refractivity (Wildman–Crippen MR) is 83.6 cm³/mol. The molecule has 0 saturated carbocycles. The molecule has 112 valence electrons. The van der Waals surface area contributed by atoms with E-state index < -0.39 is 0 Å². The van der Waals surface area contributed by atoms with E-state index in [9.17, 15) is 4.79 Å². The quantitative estimate of drug-likeness (QED) is 0.772. The summed E-state index contributed by atoms with van der Waals surface area (Å²) < 4.78 is 5.67. The highest BCUT2D eigenvalue weighted by atomic mass is 35.5. The first kappa shape index (κ1) is 16.8. The van der Waals surface area contributed by atoms with E-state index in [2.05, 4.69) is 12.2 Å². The molecule has 1 aromatic carbocycles. The Morgan fingerprint density at radius 1 is 1.35 bits per heavy atom. The zero-order chi connectivity index (χ0) is 15.1. The zero-order valence-corrected chi connectivity index (χ0v) is 13.5. The maximum absolute atomic E-state index is 11.6. The molecular weight excluding hydrogens is 274 g/mol. The van der Waals surface area contributed by atoms with Crippen LogP contribution in [0, 0.1) is 13.8 Å². The van der Waals surface area contributed by atoms with Crippen molar-refractivity contribution in [2.24, 2.45) is 0 Å². The molecule has 0 bridgehead atoms. The van der Waals surface area contributed by atoms with Gasteiger partial charge in [0.15, 0.2) is 0 Å². The summed E-state index contributed by atoms with van der Waals surface area (Å²) in [4.78, 5) is 11.6. The molecule has 0 heterocycles. The molecule has 0 aliphatic heterocycles. The van der Waals surface area contributed by atoms with Gasteiger partial charge in [-0.2, -0.15) is 0 Å². The number of nitrogens with one attached hydrogen (secondary N) is 1. The van der Waals surface area contributed by atoms with Crippen LogP contribution in [0.5, 0.6) is 5.75 Å². The Labute approximate surface area is 126 Å². The van der Waals surface area contributed by atoms with E-state index in [0.717, 1.165) is 28.3 Å². The van der Waals surface area contributed by atoms with Crippen LogP contribution in [0.4, 0.5) is 0 Å². The largest absolute Gasteiger partial charge is 0.494 e. The minimum absolute atomic E-state index is 0.0893. The standard InChI is InChI=1S/C16H24ClNO2/c1-5-13(4)18-15(19)7-6-8-20-14-9-11(2)16(17)12(3)10-14/h9-10,13H,5-8H2,1-4H3,(H,18,19). The molecular formula is C16H24ClNO2. The van der Waals surface area contributed by atoms with Crippen LogP contribution < -0.4 is 10.1 Å². The van der Waals surface area contributed by atoms with Crippen LogP contribution in [0.3, 0.4) is 0 Å². The Morgan fingerprint density at radius 2 is 1.95 bits per heavy atom. The first-order valence-electron chi connectivity index (χ1n) is 7.13. The van der Waals surface area contributed by atoms with Gasteiger partial charge < -0.3 is 10.1 Å². The number of aryl methyl sites for hydroxylation is 2. The lowest BCUT2D eigenvalue weighted by Gasteiger charge is -2.12. The van der Waals surface area contributed by atoms with Crippen molar-refractivity contribution < 1.29 is 9.53 Å². The van der Waals surface area contributed by atoms with Crippen molar-refractivity contribution >= 4 is 17.5 Å². The second kappa shape index (κ2) is 8.15. The Hall–Kier alpha value is -1.22. The topological polar surface area (TPSA) is 38.3 Å². The molecule has 1 aromatic rings. The smallest absolute Gasteiger partial charge is 0.220 e. The van der Waals surface area contributed by atoms with Crippen molar-refractivity contribution in [3.8, 4) is 5.75 Å². The number of amides is 1. The highest BCUT2D eigenvalue weighted by Crippen LogP contribution is 2.25. The van der Waals surface area contributed by atoms with Crippen molar-refractivity contribution in [2.45, 2.75) is 53.0 Å². The fourth-order valence-corrected chi connectivity index (χ4v) is 1.97. The van der Waals surface area contributed by atoms with Gasteiger partial charge in [0.05, 0.1) is 6.61 Å². The highest BCUT2D eigenvalue weighted by molar-refractivity contribution is 6.32. The van der Waals surface area contributed by atoms with E-state index in [4.69, 9.17) is 16.3 Å². The molecule has 1 atom stereocenters. The van der Waals surface area contributed by atoms with Gasteiger partial charge in [-0.15, -0.1) is 0 Å². The first-order valence-corrected chi connectivity index (χ1v) is 7.50. The lowest BCUT2D eigenvalue weighted by atomic mass is 10.1. The number of halogens is 1. The molecule has 0 aromatic heterocycles. The molecule has 1 rings (SSSR count). The zero-order valence-electron chi connectivity index (χ0n) is 12.8. The van der Waals surface area contributed by atoms with Gasteiger partial charge in [0.25, 0.3) is 0 Å². The number of hydrogen-bond acceptors (Lipinski definition) is 2. The molecule has 3 nitrogen and oxygen atoms in total. The lowest BCUT2D eigenvalue weighted by molar-refractivity contribution is -0.121. The van der Waals surface area contributed by atoms with Gasteiger partial charge in [0.2, 0.25) is 5.91 Å². The summed E-state index contributed by atoms with van der Waals surface area (Å²) in [5.41, 5.74) is 2.02. The molecule has 20 heavy (non-hydrogen) atoms. The molecule has 0 spiro atoms. The third kappa shape index (κ3) is 5.41. The van der Waals surface area contributed by atoms with E-state index in [1.807, 2.05) is 32.9 Å². The lowest BCUT2D eigenvalue weighted by Crippen LogP contribution is -2.31. The van der Waals surface area contributed by atoms with Crippen LogP contribution in [0.25, 0.3) is 0 Å². The normalized spacial score (nSPS) is 12.1. The fraction of sp³-hybridized carbons (Fsp3) is 0.562. The summed E-state index contributed by atoms with van der Waals surface area (Å²) in [7, 11) is 0. The SMILES string of the molecule is CCC(C)NC(=O)CCCOc1cc(C)c(Cl)c(C)c1. The van der Waals surface area contributed by atoms with Gasteiger partial charge in [0, 0.05) is 17.5 Å². The molecule has 0 radical (unpaired) electrons. The van der Waals surface area contributed by atoms with Crippen LogP contribution in [0.1, 0.15) is 44.2 Å². The molecule has 0 aliphatic carbocycles. The van der Waals surface area contributed by atoms with Gasteiger partial charge >= 0.3 is 0 Å². The van der Waals surface area contributed by atoms with E-state index in [0.29, 0.717) is 19.4 Å². The average molecular weight is 298 g/mol. The van der Waals surface area contributed by atoms with E-state index >= 15 is 0 Å². The van der Waals surface area contributed by atoms with E-state index in [1.54, 1.807) is 0 Å². The summed E-state index contributed by atoms with van der Waals surface area (Å²) in [5.74, 6) is 0.901. The summed E-state index contributed by atoms with van der Waals surface area (Å²) >= 11 is 6.11. The Morgan fingerprint density at radius 3 is 2.50 bits per heavy atom. The average Bonchev–Trinajstić information content (AvgIpc) is 2.40. The van der Waals surface area contributed by atoms with Crippen LogP contribution >= 0.6 is 11.6 Å². The summed E-state index contributed by atoms with van der Waals surface area (Å²) in [6, 6.07) is 4.09. The van der Waals surface area contributed by atoms with Crippen LogP contribution in [0.15, 0.2) is 12.1 Å². The Balaban J connectivity index is 2.33. The second-order valence-corrected chi connectivity index (χ2v) is 5.58. The van der Waals surface area contributed by atoms with Crippen molar-refractivity contribution in [1.29, 1.82) is 0 Å². The number of carbonyl (C=O) groups is 1. The highest BCUT2D eigenvalue weighted by Gasteiger charge is 2.06. The van der Waals surface area contributed by atoms with Crippen LogP contribution in [0.2, 0.25) is 5.02 Å². The predicted octanol–water partition coefficient (Wildman–Crippen LogP) is 4.03. The molecule has 1 N–H and O–H groups in total. The molecule has 0 saturated heterocycles. The third-order valence-electron chi connectivity index (χ3n) is 3.25. The number of carbonyl (C=O) groups excluding carboxylic acids is 1. The van der Waals surface area contributed by atoms with E-state index in [1.165, 1.54) is 0 Å². The molecule has 1 amide bonds. The first-order chi connectivity index (χ1) is 9.43. The van der Waals surface area contributed by atoms with Crippen LogP contribution in [-0.2, 0) is 4.79 Å². The number of ether oxygens (including phenoxy) is 1. The van der Waals surface area contributed by atoms with Crippen molar-refractivity contribution in [3.63, 3.8) is 0 Å². The Kier molecular flexibility index (Phi) is 6.86. The van der Waals surface area contributed by atoms with E-state index in [-0.39, 0.29) is 11.9 Å². The van der Waals surface area contributed by atoms with Gasteiger partial charge in [-0.25, -0.2) is 0 Å². The van der Waals surface area contributed by atoms with Gasteiger partial charge in [-0.1, -0.05) is 18.5 Å². The van der Waals surface area contributed by atoms with Gasteiger partial charge in [-0.3, -0.25) is 4.79 Å². The van der Waals surface area contributed by atoms with Gasteiger partial charge in [-0.05, 0) is 56.9 Å². The minimum atomic E-state index is 0.0893.